The summed E-state index contributed by atoms with van der Waals surface area (Å²) in [7, 11) is 0. The minimum absolute atomic E-state index is 0.0999. The van der Waals surface area contributed by atoms with Crippen molar-refractivity contribution in [3.63, 3.8) is 0 Å². The monoisotopic (exact) mass is 617 g/mol. The van der Waals surface area contributed by atoms with Gasteiger partial charge in [-0.25, -0.2) is 4.98 Å². The topological polar surface area (TPSA) is 38.1 Å². The third-order valence-electron chi connectivity index (χ3n) is 8.62. The van der Waals surface area contributed by atoms with Crippen LogP contribution in [0, 0.1) is 0 Å². The standard InChI is InChI=1S/C44H31N3O/c48-44-41-21-10-11-22-42(41)45-43(47(44)37-18-8-3-9-19-37)36-17-12-20-40(31-36)46(38-27-23-34(24-28-38)32-13-4-1-5-14-32)39-29-25-35(26-30-39)33-15-6-2-7-16-33/h1-31H. The number of benzene rings is 7. The second kappa shape index (κ2) is 12.7. The number of nitrogens with zero attached hydrogens (tertiary/aromatic N) is 3. The largest absolute Gasteiger partial charge is 0.310 e. The van der Waals surface area contributed by atoms with Crippen LogP contribution in [0.5, 0.6) is 0 Å². The van der Waals surface area contributed by atoms with Crippen molar-refractivity contribution in [2.75, 3.05) is 4.90 Å². The Morgan fingerprint density at radius 2 is 0.896 bits per heavy atom. The minimum Gasteiger partial charge on any atom is -0.310 e. The molecule has 8 rings (SSSR count). The maximum atomic E-state index is 14.0. The zero-order valence-electron chi connectivity index (χ0n) is 26.1. The molecule has 4 heteroatoms. The summed E-state index contributed by atoms with van der Waals surface area (Å²) in [5.41, 5.74) is 9.82. The van der Waals surface area contributed by atoms with Gasteiger partial charge in [-0.1, -0.05) is 127 Å². The fraction of sp³-hybridized carbons (Fsp3) is 0. The molecule has 0 saturated carbocycles. The Labute approximate surface area is 279 Å². The second-order valence-electron chi connectivity index (χ2n) is 11.6. The van der Waals surface area contributed by atoms with Crippen LogP contribution in [0.1, 0.15) is 0 Å². The smallest absolute Gasteiger partial charge is 0.266 e. The third-order valence-corrected chi connectivity index (χ3v) is 8.62. The Balaban J connectivity index is 1.28. The SMILES string of the molecule is O=c1c2ccccc2nc(-c2cccc(N(c3ccc(-c4ccccc4)cc3)c3ccc(-c4ccccc4)cc3)c2)n1-c1ccccc1. The van der Waals surface area contributed by atoms with Gasteiger partial charge in [-0.2, -0.15) is 0 Å². The van der Waals surface area contributed by atoms with E-state index in [0.29, 0.717) is 16.7 Å². The van der Waals surface area contributed by atoms with Crippen LogP contribution in [0.3, 0.4) is 0 Å². The molecule has 0 bridgehead atoms. The summed E-state index contributed by atoms with van der Waals surface area (Å²) in [5, 5.41) is 0.583. The fourth-order valence-electron chi connectivity index (χ4n) is 6.24. The van der Waals surface area contributed by atoms with Crippen LogP contribution in [-0.4, -0.2) is 9.55 Å². The van der Waals surface area contributed by atoms with Crippen molar-refractivity contribution >= 4 is 28.0 Å². The first-order valence-electron chi connectivity index (χ1n) is 16.0. The highest BCUT2D eigenvalue weighted by Gasteiger charge is 2.18. The summed E-state index contributed by atoms with van der Waals surface area (Å²) in [5.74, 6) is 0.588. The van der Waals surface area contributed by atoms with Crippen LogP contribution in [-0.2, 0) is 0 Å². The quantitative estimate of drug-likeness (QED) is 0.179. The molecule has 0 N–H and O–H groups in total. The molecule has 7 aromatic carbocycles. The van der Waals surface area contributed by atoms with E-state index in [4.69, 9.17) is 4.98 Å². The Bertz CT molecular complexity index is 2300. The number of rotatable bonds is 7. The molecular formula is C44H31N3O. The maximum absolute atomic E-state index is 14.0. The van der Waals surface area contributed by atoms with Crippen LogP contribution in [0.15, 0.2) is 193 Å². The molecule has 0 radical (unpaired) electrons. The second-order valence-corrected chi connectivity index (χ2v) is 11.6. The number of aromatic nitrogens is 2. The van der Waals surface area contributed by atoms with Crippen LogP contribution in [0.2, 0.25) is 0 Å². The molecule has 48 heavy (non-hydrogen) atoms. The van der Waals surface area contributed by atoms with Crippen LogP contribution >= 0.6 is 0 Å². The fourth-order valence-corrected chi connectivity index (χ4v) is 6.24. The molecule has 228 valence electrons. The van der Waals surface area contributed by atoms with Gasteiger partial charge in [0.25, 0.3) is 5.56 Å². The summed E-state index contributed by atoms with van der Waals surface area (Å²) < 4.78 is 1.72. The average Bonchev–Trinajstić information content (AvgIpc) is 3.17. The lowest BCUT2D eigenvalue weighted by Crippen LogP contribution is -2.22. The molecule has 1 aromatic heterocycles. The van der Waals surface area contributed by atoms with E-state index in [-0.39, 0.29) is 5.56 Å². The number of fused-ring (bicyclic) bond motifs is 1. The average molecular weight is 618 g/mol. The molecule has 0 atom stereocenters. The predicted octanol–water partition coefficient (Wildman–Crippen LogP) is 10.9. The summed E-state index contributed by atoms with van der Waals surface area (Å²) >= 11 is 0. The molecule has 1 heterocycles. The van der Waals surface area contributed by atoms with E-state index in [1.54, 1.807) is 4.57 Å². The van der Waals surface area contributed by atoms with Crippen molar-refractivity contribution in [3.05, 3.63) is 198 Å². The third kappa shape index (κ3) is 5.57. The summed E-state index contributed by atoms with van der Waals surface area (Å²) in [6, 6.07) is 63.7. The normalized spacial score (nSPS) is 11.0. The van der Waals surface area contributed by atoms with Gasteiger partial charge in [0.15, 0.2) is 0 Å². The van der Waals surface area contributed by atoms with Crippen LogP contribution < -0.4 is 10.5 Å². The van der Waals surface area contributed by atoms with Crippen molar-refractivity contribution in [1.82, 2.24) is 9.55 Å². The van der Waals surface area contributed by atoms with Gasteiger partial charge < -0.3 is 4.90 Å². The molecule has 0 unspecified atom stereocenters. The van der Waals surface area contributed by atoms with E-state index in [2.05, 4.69) is 114 Å². The Kier molecular flexibility index (Phi) is 7.65. The van der Waals surface area contributed by atoms with Crippen LogP contribution in [0.4, 0.5) is 17.1 Å². The first kappa shape index (κ1) is 28.9. The van der Waals surface area contributed by atoms with Gasteiger partial charge in [0.1, 0.15) is 5.82 Å². The van der Waals surface area contributed by atoms with Gasteiger partial charge in [-0.3, -0.25) is 9.36 Å². The lowest BCUT2D eigenvalue weighted by atomic mass is 10.0. The highest BCUT2D eigenvalue weighted by molar-refractivity contribution is 5.84. The molecule has 4 nitrogen and oxygen atoms in total. The lowest BCUT2D eigenvalue weighted by Gasteiger charge is -2.26. The van der Waals surface area contributed by atoms with E-state index >= 15 is 0 Å². The van der Waals surface area contributed by atoms with Crippen LogP contribution in [0.25, 0.3) is 50.2 Å². The first-order chi connectivity index (χ1) is 23.7. The van der Waals surface area contributed by atoms with Gasteiger partial charge in [0.05, 0.1) is 16.6 Å². The van der Waals surface area contributed by atoms with Crippen molar-refractivity contribution in [2.24, 2.45) is 0 Å². The Morgan fingerprint density at radius 3 is 1.48 bits per heavy atom. The summed E-state index contributed by atoms with van der Waals surface area (Å²) in [6.45, 7) is 0. The van der Waals surface area contributed by atoms with Crippen molar-refractivity contribution in [1.29, 1.82) is 0 Å². The molecular weight excluding hydrogens is 587 g/mol. The minimum atomic E-state index is -0.0999. The van der Waals surface area contributed by atoms with Crippen molar-refractivity contribution in [3.8, 4) is 39.3 Å². The molecule has 0 aliphatic carbocycles. The van der Waals surface area contributed by atoms with Gasteiger partial charge in [-0.05, 0) is 82.9 Å². The molecule has 0 spiro atoms. The van der Waals surface area contributed by atoms with E-state index in [0.717, 1.165) is 39.4 Å². The molecule has 0 aliphatic rings. The summed E-state index contributed by atoms with van der Waals surface area (Å²) in [4.78, 5) is 21.3. The zero-order valence-corrected chi connectivity index (χ0v) is 26.1. The van der Waals surface area contributed by atoms with Gasteiger partial charge in [0.2, 0.25) is 0 Å². The predicted molar refractivity (Wildman–Crippen MR) is 198 cm³/mol. The molecule has 0 aliphatic heterocycles. The highest BCUT2D eigenvalue weighted by Crippen LogP contribution is 2.38. The first-order valence-corrected chi connectivity index (χ1v) is 16.0. The van der Waals surface area contributed by atoms with Gasteiger partial charge >= 0.3 is 0 Å². The number of hydrogen-bond donors (Lipinski definition) is 0. The number of para-hydroxylation sites is 2. The lowest BCUT2D eigenvalue weighted by molar-refractivity contribution is 0.976. The Morgan fingerprint density at radius 1 is 0.417 bits per heavy atom. The van der Waals surface area contributed by atoms with Gasteiger partial charge in [0, 0.05) is 22.6 Å². The van der Waals surface area contributed by atoms with E-state index in [9.17, 15) is 4.79 Å². The van der Waals surface area contributed by atoms with Crippen molar-refractivity contribution in [2.45, 2.75) is 0 Å². The number of anilines is 3. The highest BCUT2D eigenvalue weighted by atomic mass is 16.1. The zero-order chi connectivity index (χ0) is 32.3. The van der Waals surface area contributed by atoms with Crippen molar-refractivity contribution < 1.29 is 0 Å². The molecule has 8 aromatic rings. The number of hydrogen-bond acceptors (Lipinski definition) is 3. The van der Waals surface area contributed by atoms with E-state index in [1.807, 2.05) is 78.9 Å². The molecule has 0 saturated heterocycles. The molecule has 0 amide bonds. The maximum Gasteiger partial charge on any atom is 0.266 e. The van der Waals surface area contributed by atoms with Gasteiger partial charge in [-0.15, -0.1) is 0 Å². The van der Waals surface area contributed by atoms with E-state index < -0.39 is 0 Å². The summed E-state index contributed by atoms with van der Waals surface area (Å²) in [6.07, 6.45) is 0. The molecule has 0 fully saturated rings. The van der Waals surface area contributed by atoms with E-state index in [1.165, 1.54) is 11.1 Å². The Hall–Kier alpha value is -6.52.